The van der Waals surface area contributed by atoms with Gasteiger partial charge in [0.2, 0.25) is 5.91 Å². The maximum absolute atomic E-state index is 12.6. The van der Waals surface area contributed by atoms with Crippen LogP contribution in [0.3, 0.4) is 0 Å². The van der Waals surface area contributed by atoms with Gasteiger partial charge >= 0.3 is 6.03 Å². The molecule has 212 valence electrons. The number of nitrogens with one attached hydrogen (secondary N) is 3. The van der Waals surface area contributed by atoms with Gasteiger partial charge in [0.1, 0.15) is 11.6 Å². The van der Waals surface area contributed by atoms with Crippen molar-refractivity contribution < 1.29 is 18.7 Å². The molecule has 6 rings (SSSR count). The Kier molecular flexibility index (Phi) is 7.78. The second kappa shape index (κ2) is 12.1. The van der Waals surface area contributed by atoms with Crippen LogP contribution in [0.25, 0.3) is 33.6 Å². The summed E-state index contributed by atoms with van der Waals surface area (Å²) in [6.45, 7) is 4.58. The molecular formula is C32H30N6O4. The van der Waals surface area contributed by atoms with E-state index in [-0.39, 0.29) is 11.9 Å². The number of aromatic nitrogens is 2. The number of ether oxygens (including phenoxy) is 1. The van der Waals surface area contributed by atoms with E-state index in [1.807, 2.05) is 54.6 Å². The van der Waals surface area contributed by atoms with Crippen LogP contribution in [0.1, 0.15) is 13.3 Å². The molecule has 0 unspecified atom stereocenters. The van der Waals surface area contributed by atoms with Gasteiger partial charge in [-0.3, -0.25) is 4.79 Å². The van der Waals surface area contributed by atoms with Gasteiger partial charge in [-0.25, -0.2) is 14.8 Å². The molecule has 3 aromatic carbocycles. The van der Waals surface area contributed by atoms with Gasteiger partial charge in [-0.05, 0) is 72.8 Å². The number of hydrogen-bond donors (Lipinski definition) is 3. The molecule has 1 saturated heterocycles. The molecule has 1 aliphatic heterocycles. The summed E-state index contributed by atoms with van der Waals surface area (Å²) in [5.74, 6) is 2.16. The number of nitrogens with zero attached hydrogens (tertiary/aromatic N) is 3. The number of rotatable bonds is 7. The van der Waals surface area contributed by atoms with E-state index >= 15 is 0 Å². The lowest BCUT2D eigenvalue weighted by molar-refractivity contribution is -0.115. The van der Waals surface area contributed by atoms with E-state index in [1.165, 1.54) is 0 Å². The molecular weight excluding hydrogens is 532 g/mol. The minimum atomic E-state index is -0.380. The molecule has 2 aromatic heterocycles. The van der Waals surface area contributed by atoms with Crippen LogP contribution in [0.5, 0.6) is 0 Å². The molecule has 0 atom stereocenters. The van der Waals surface area contributed by atoms with Crippen LogP contribution in [0.4, 0.5) is 27.7 Å². The van der Waals surface area contributed by atoms with Crippen molar-refractivity contribution in [1.82, 2.24) is 9.97 Å². The summed E-state index contributed by atoms with van der Waals surface area (Å²) >= 11 is 0. The maximum atomic E-state index is 12.6. The smallest absolute Gasteiger partial charge is 0.323 e. The molecule has 1 aliphatic rings. The average Bonchev–Trinajstić information content (AvgIpc) is 3.57. The van der Waals surface area contributed by atoms with Crippen LogP contribution >= 0.6 is 0 Å². The number of morpholine rings is 1. The number of carbonyl (C=O) groups is 2. The van der Waals surface area contributed by atoms with Crippen LogP contribution < -0.4 is 20.9 Å². The van der Waals surface area contributed by atoms with Gasteiger partial charge in [0, 0.05) is 53.1 Å². The lowest BCUT2D eigenvalue weighted by Gasteiger charge is -2.29. The van der Waals surface area contributed by atoms with Gasteiger partial charge in [-0.1, -0.05) is 13.0 Å². The molecule has 5 aromatic rings. The second-order valence-electron chi connectivity index (χ2n) is 9.82. The predicted octanol–water partition coefficient (Wildman–Crippen LogP) is 6.39. The van der Waals surface area contributed by atoms with E-state index < -0.39 is 0 Å². The van der Waals surface area contributed by atoms with Crippen molar-refractivity contribution in [2.24, 2.45) is 0 Å². The molecule has 10 heteroatoms. The van der Waals surface area contributed by atoms with E-state index in [1.54, 1.807) is 37.5 Å². The summed E-state index contributed by atoms with van der Waals surface area (Å²) < 4.78 is 11.2. The topological polar surface area (TPSA) is 122 Å². The molecule has 0 spiro atoms. The fourth-order valence-corrected chi connectivity index (χ4v) is 4.74. The summed E-state index contributed by atoms with van der Waals surface area (Å²) in [6.07, 6.45) is 2.06. The third-order valence-electron chi connectivity index (χ3n) is 6.94. The van der Waals surface area contributed by atoms with Crippen molar-refractivity contribution in [3.8, 4) is 22.7 Å². The lowest BCUT2D eigenvalue weighted by Crippen LogP contribution is -2.37. The van der Waals surface area contributed by atoms with Gasteiger partial charge in [-0.15, -0.1) is 0 Å². The molecule has 0 bridgehead atoms. The number of anilines is 4. The molecule has 10 nitrogen and oxygen atoms in total. The number of amides is 3. The zero-order valence-electron chi connectivity index (χ0n) is 23.1. The van der Waals surface area contributed by atoms with E-state index in [0.717, 1.165) is 46.7 Å². The molecule has 0 radical (unpaired) electrons. The summed E-state index contributed by atoms with van der Waals surface area (Å²) in [5.41, 5.74) is 4.48. The van der Waals surface area contributed by atoms with E-state index in [2.05, 4.69) is 20.9 Å². The maximum Gasteiger partial charge on any atom is 0.323 e. The molecule has 1 fully saturated rings. The van der Waals surface area contributed by atoms with Crippen LogP contribution in [0.2, 0.25) is 0 Å². The third kappa shape index (κ3) is 6.08. The Labute approximate surface area is 242 Å². The zero-order valence-corrected chi connectivity index (χ0v) is 23.1. The number of fused-ring (bicyclic) bond motifs is 1. The Morgan fingerprint density at radius 3 is 2.10 bits per heavy atom. The first-order valence-corrected chi connectivity index (χ1v) is 13.8. The molecule has 3 heterocycles. The highest BCUT2D eigenvalue weighted by molar-refractivity contribution is 6.00. The van der Waals surface area contributed by atoms with E-state index in [4.69, 9.17) is 19.1 Å². The number of carbonyl (C=O) groups excluding carboxylic acids is 2. The number of urea groups is 1. The number of benzene rings is 3. The SMILES string of the molecule is CCC(=O)Nc1ccc(NC(=O)Nc2ccc(-c3nc(N4CCOCC4)c4ccc(-c5ccco5)cc4n3)cc2)cc1. The van der Waals surface area contributed by atoms with E-state index in [0.29, 0.717) is 42.5 Å². The summed E-state index contributed by atoms with van der Waals surface area (Å²) in [6, 6.07) is 23.9. The van der Waals surface area contributed by atoms with Gasteiger partial charge in [0.25, 0.3) is 0 Å². The summed E-state index contributed by atoms with van der Waals surface area (Å²) in [7, 11) is 0. The average molecular weight is 563 g/mol. The Balaban J connectivity index is 1.21. The predicted molar refractivity (Wildman–Crippen MR) is 164 cm³/mol. The minimum Gasteiger partial charge on any atom is -0.464 e. The molecule has 3 amide bonds. The highest BCUT2D eigenvalue weighted by Gasteiger charge is 2.19. The highest BCUT2D eigenvalue weighted by atomic mass is 16.5. The molecule has 0 aliphatic carbocycles. The van der Waals surface area contributed by atoms with Gasteiger partial charge in [0.15, 0.2) is 5.82 Å². The first-order valence-electron chi connectivity index (χ1n) is 13.8. The van der Waals surface area contributed by atoms with Gasteiger partial charge < -0.3 is 30.0 Å². The first kappa shape index (κ1) is 27.0. The summed E-state index contributed by atoms with van der Waals surface area (Å²) in [5, 5.41) is 9.39. The fraction of sp³-hybridized carbons (Fsp3) is 0.188. The third-order valence-corrected chi connectivity index (χ3v) is 6.94. The largest absolute Gasteiger partial charge is 0.464 e. The van der Waals surface area contributed by atoms with Crippen molar-refractivity contribution >= 4 is 45.7 Å². The summed E-state index contributed by atoms with van der Waals surface area (Å²) in [4.78, 5) is 36.3. The van der Waals surface area contributed by atoms with Crippen molar-refractivity contribution in [2.45, 2.75) is 13.3 Å². The minimum absolute atomic E-state index is 0.0677. The van der Waals surface area contributed by atoms with E-state index in [9.17, 15) is 9.59 Å². The van der Waals surface area contributed by atoms with Crippen molar-refractivity contribution in [3.63, 3.8) is 0 Å². The Morgan fingerprint density at radius 1 is 0.810 bits per heavy atom. The van der Waals surface area contributed by atoms with Crippen molar-refractivity contribution in [3.05, 3.63) is 85.1 Å². The normalized spacial score (nSPS) is 13.1. The quantitative estimate of drug-likeness (QED) is 0.210. The van der Waals surface area contributed by atoms with Crippen molar-refractivity contribution in [1.29, 1.82) is 0 Å². The number of hydrogen-bond acceptors (Lipinski definition) is 7. The van der Waals surface area contributed by atoms with Crippen LogP contribution in [0, 0.1) is 0 Å². The number of furan rings is 1. The fourth-order valence-electron chi connectivity index (χ4n) is 4.74. The molecule has 42 heavy (non-hydrogen) atoms. The molecule has 3 N–H and O–H groups in total. The second-order valence-corrected chi connectivity index (χ2v) is 9.82. The Bertz CT molecular complexity index is 1700. The van der Waals surface area contributed by atoms with Gasteiger partial charge in [0.05, 0.1) is 25.0 Å². The Morgan fingerprint density at radius 2 is 1.45 bits per heavy atom. The van der Waals surface area contributed by atoms with Crippen LogP contribution in [-0.2, 0) is 9.53 Å². The first-order chi connectivity index (χ1) is 20.6. The monoisotopic (exact) mass is 562 g/mol. The van der Waals surface area contributed by atoms with Crippen molar-refractivity contribution in [2.75, 3.05) is 47.2 Å². The molecule has 0 saturated carbocycles. The van der Waals surface area contributed by atoms with Crippen LogP contribution in [0.15, 0.2) is 89.5 Å². The zero-order chi connectivity index (χ0) is 28.9. The van der Waals surface area contributed by atoms with Gasteiger partial charge in [-0.2, -0.15) is 0 Å². The lowest BCUT2D eigenvalue weighted by atomic mass is 10.1. The highest BCUT2D eigenvalue weighted by Crippen LogP contribution is 2.32. The van der Waals surface area contributed by atoms with Crippen LogP contribution in [-0.4, -0.2) is 48.2 Å². The standard InChI is InChI=1S/C32H30N6O4/c1-2-29(39)33-23-10-12-25(13-11-23)35-32(40)34-24-8-5-21(6-9-24)30-36-27-20-22(28-4-3-17-42-28)7-14-26(27)31(37-30)38-15-18-41-19-16-38/h3-14,17,20H,2,15-16,18-19H2,1H3,(H,33,39)(H2,34,35,40). The Hall–Kier alpha value is -5.22.